The van der Waals surface area contributed by atoms with E-state index in [1.54, 1.807) is 11.3 Å². The minimum Gasteiger partial charge on any atom is -0.368 e. The van der Waals surface area contributed by atoms with E-state index in [9.17, 15) is 0 Å². The lowest BCUT2D eigenvalue weighted by molar-refractivity contribution is 0.425. The third-order valence-corrected chi connectivity index (χ3v) is 5.41. The molecule has 4 nitrogen and oxygen atoms in total. The SMILES string of the molecule is CN(C)CCNc1nc(-c2ccccc2)nc2sc(-c3ccccc3)cc12. The van der Waals surface area contributed by atoms with Crippen LogP contribution in [0.4, 0.5) is 5.82 Å². The number of rotatable bonds is 6. The minimum absolute atomic E-state index is 0.761. The molecule has 4 rings (SSSR count). The molecule has 0 saturated carbocycles. The highest BCUT2D eigenvalue weighted by Gasteiger charge is 2.13. The lowest BCUT2D eigenvalue weighted by Crippen LogP contribution is -2.21. The lowest BCUT2D eigenvalue weighted by atomic mass is 10.2. The molecule has 0 saturated heterocycles. The van der Waals surface area contributed by atoms with Gasteiger partial charge in [0.2, 0.25) is 0 Å². The number of thiophene rings is 1. The fraction of sp³-hybridized carbons (Fsp3) is 0.182. The summed E-state index contributed by atoms with van der Waals surface area (Å²) < 4.78 is 0. The number of hydrogen-bond donors (Lipinski definition) is 1. The molecule has 0 radical (unpaired) electrons. The first-order valence-corrected chi connectivity index (χ1v) is 9.83. The van der Waals surface area contributed by atoms with Gasteiger partial charge in [0.15, 0.2) is 5.82 Å². The Kier molecular flexibility index (Phi) is 5.14. The van der Waals surface area contributed by atoms with Crippen molar-refractivity contribution in [3.8, 4) is 21.8 Å². The largest absolute Gasteiger partial charge is 0.368 e. The lowest BCUT2D eigenvalue weighted by Gasteiger charge is -2.12. The second-order valence-corrected chi connectivity index (χ2v) is 7.72. The molecular weight excluding hydrogens is 352 g/mol. The van der Waals surface area contributed by atoms with Crippen LogP contribution in [-0.4, -0.2) is 42.1 Å². The molecule has 0 bridgehead atoms. The Morgan fingerprint density at radius 2 is 1.56 bits per heavy atom. The predicted molar refractivity (Wildman–Crippen MR) is 115 cm³/mol. The summed E-state index contributed by atoms with van der Waals surface area (Å²) in [5, 5.41) is 4.59. The number of anilines is 1. The summed E-state index contributed by atoms with van der Waals surface area (Å²) in [7, 11) is 4.15. The summed E-state index contributed by atoms with van der Waals surface area (Å²) >= 11 is 1.71. The molecule has 5 heteroatoms. The fourth-order valence-corrected chi connectivity index (χ4v) is 3.95. The number of fused-ring (bicyclic) bond motifs is 1. The smallest absolute Gasteiger partial charge is 0.163 e. The van der Waals surface area contributed by atoms with Crippen LogP contribution in [-0.2, 0) is 0 Å². The Morgan fingerprint density at radius 3 is 2.22 bits per heavy atom. The second kappa shape index (κ2) is 7.86. The van der Waals surface area contributed by atoms with Crippen molar-refractivity contribution < 1.29 is 0 Å². The van der Waals surface area contributed by atoms with Gasteiger partial charge in [-0.25, -0.2) is 9.97 Å². The van der Waals surface area contributed by atoms with Gasteiger partial charge in [-0.15, -0.1) is 11.3 Å². The third-order valence-electron chi connectivity index (χ3n) is 4.33. The van der Waals surface area contributed by atoms with Crippen molar-refractivity contribution in [2.45, 2.75) is 0 Å². The molecule has 0 atom stereocenters. The van der Waals surface area contributed by atoms with Crippen molar-refractivity contribution in [3.05, 3.63) is 66.7 Å². The van der Waals surface area contributed by atoms with E-state index >= 15 is 0 Å². The Hall–Kier alpha value is -2.76. The first-order valence-electron chi connectivity index (χ1n) is 9.02. The molecule has 2 heterocycles. The minimum atomic E-state index is 0.761. The molecule has 2 aromatic heterocycles. The van der Waals surface area contributed by atoms with Gasteiger partial charge in [0, 0.05) is 23.5 Å². The van der Waals surface area contributed by atoms with Gasteiger partial charge in [-0.1, -0.05) is 60.7 Å². The van der Waals surface area contributed by atoms with E-state index in [2.05, 4.69) is 66.8 Å². The van der Waals surface area contributed by atoms with Crippen LogP contribution in [0.2, 0.25) is 0 Å². The van der Waals surface area contributed by atoms with Crippen molar-refractivity contribution in [1.82, 2.24) is 14.9 Å². The summed E-state index contributed by atoms with van der Waals surface area (Å²) in [4.78, 5) is 14.1. The maximum atomic E-state index is 4.85. The van der Waals surface area contributed by atoms with Crippen molar-refractivity contribution in [2.24, 2.45) is 0 Å². The van der Waals surface area contributed by atoms with Crippen molar-refractivity contribution >= 4 is 27.4 Å². The van der Waals surface area contributed by atoms with Crippen LogP contribution >= 0.6 is 11.3 Å². The van der Waals surface area contributed by atoms with E-state index in [-0.39, 0.29) is 0 Å². The molecule has 0 fully saturated rings. The third kappa shape index (κ3) is 3.99. The van der Waals surface area contributed by atoms with E-state index in [0.717, 1.165) is 40.5 Å². The van der Waals surface area contributed by atoms with Gasteiger partial charge >= 0.3 is 0 Å². The Morgan fingerprint density at radius 1 is 0.889 bits per heavy atom. The average molecular weight is 375 g/mol. The van der Waals surface area contributed by atoms with Crippen LogP contribution in [0.3, 0.4) is 0 Å². The molecule has 136 valence electrons. The van der Waals surface area contributed by atoms with Gasteiger partial charge in [-0.05, 0) is 25.7 Å². The Bertz CT molecular complexity index is 1030. The number of aromatic nitrogens is 2. The summed E-state index contributed by atoms with van der Waals surface area (Å²) in [5.74, 6) is 1.66. The van der Waals surface area contributed by atoms with Crippen LogP contribution in [0.25, 0.3) is 32.0 Å². The van der Waals surface area contributed by atoms with Gasteiger partial charge in [0.25, 0.3) is 0 Å². The zero-order valence-electron chi connectivity index (χ0n) is 15.5. The first-order chi connectivity index (χ1) is 13.2. The maximum absolute atomic E-state index is 4.85. The zero-order chi connectivity index (χ0) is 18.6. The summed E-state index contributed by atoms with van der Waals surface area (Å²) in [6, 6.07) is 22.8. The highest BCUT2D eigenvalue weighted by Crippen LogP contribution is 2.36. The van der Waals surface area contributed by atoms with Crippen molar-refractivity contribution in [3.63, 3.8) is 0 Å². The standard InChI is InChI=1S/C22H22N4S/c1-26(2)14-13-23-21-18-15-19(16-9-5-3-6-10-16)27-22(18)25-20(24-21)17-11-7-4-8-12-17/h3-12,15H,13-14H2,1-2H3,(H,23,24,25). The average Bonchev–Trinajstić information content (AvgIpc) is 3.13. The number of hydrogen-bond acceptors (Lipinski definition) is 5. The molecule has 2 aromatic carbocycles. The number of benzene rings is 2. The molecule has 0 unspecified atom stereocenters. The van der Waals surface area contributed by atoms with Crippen molar-refractivity contribution in [2.75, 3.05) is 32.5 Å². The predicted octanol–water partition coefficient (Wildman–Crippen LogP) is 5.00. The van der Waals surface area contributed by atoms with Crippen LogP contribution in [0, 0.1) is 0 Å². The maximum Gasteiger partial charge on any atom is 0.163 e. The molecule has 0 aliphatic rings. The highest BCUT2D eigenvalue weighted by atomic mass is 32.1. The van der Waals surface area contributed by atoms with Crippen LogP contribution in [0.1, 0.15) is 0 Å². The number of nitrogens with one attached hydrogen (secondary N) is 1. The van der Waals surface area contributed by atoms with Crippen LogP contribution < -0.4 is 5.32 Å². The molecule has 1 N–H and O–H groups in total. The highest BCUT2D eigenvalue weighted by molar-refractivity contribution is 7.21. The first kappa shape index (κ1) is 17.6. The second-order valence-electron chi connectivity index (χ2n) is 6.69. The summed E-state index contributed by atoms with van der Waals surface area (Å²) in [6.45, 7) is 1.78. The fourth-order valence-electron chi connectivity index (χ4n) is 2.92. The molecule has 0 aliphatic carbocycles. The van der Waals surface area contributed by atoms with E-state index < -0.39 is 0 Å². The Labute approximate surface area is 163 Å². The molecule has 0 spiro atoms. The quantitative estimate of drug-likeness (QED) is 0.516. The van der Waals surface area contributed by atoms with E-state index in [4.69, 9.17) is 9.97 Å². The summed E-state index contributed by atoms with van der Waals surface area (Å²) in [5.41, 5.74) is 2.24. The van der Waals surface area contributed by atoms with Crippen LogP contribution in [0.15, 0.2) is 66.7 Å². The van der Waals surface area contributed by atoms with E-state index in [1.807, 2.05) is 24.3 Å². The van der Waals surface area contributed by atoms with Crippen molar-refractivity contribution in [1.29, 1.82) is 0 Å². The molecule has 0 amide bonds. The molecule has 4 aromatic rings. The Balaban J connectivity index is 1.79. The summed E-state index contributed by atoms with van der Waals surface area (Å²) in [6.07, 6.45) is 0. The zero-order valence-corrected chi connectivity index (χ0v) is 16.3. The molecule has 27 heavy (non-hydrogen) atoms. The topological polar surface area (TPSA) is 41.0 Å². The van der Waals surface area contributed by atoms with E-state index in [0.29, 0.717) is 0 Å². The number of nitrogens with zero attached hydrogens (tertiary/aromatic N) is 3. The molecule has 0 aliphatic heterocycles. The van der Waals surface area contributed by atoms with Gasteiger partial charge < -0.3 is 10.2 Å². The normalized spacial score (nSPS) is 11.2. The van der Waals surface area contributed by atoms with E-state index in [1.165, 1.54) is 10.4 Å². The number of likely N-dealkylation sites (N-methyl/N-ethyl adjacent to an activating group) is 1. The van der Waals surface area contributed by atoms with Gasteiger partial charge in [0.05, 0.1) is 5.39 Å². The molecular formula is C22H22N4S. The van der Waals surface area contributed by atoms with Gasteiger partial charge in [-0.3, -0.25) is 0 Å². The monoisotopic (exact) mass is 374 g/mol. The van der Waals surface area contributed by atoms with Crippen LogP contribution in [0.5, 0.6) is 0 Å². The van der Waals surface area contributed by atoms with Gasteiger partial charge in [-0.2, -0.15) is 0 Å². The van der Waals surface area contributed by atoms with Gasteiger partial charge in [0.1, 0.15) is 10.6 Å².